The van der Waals surface area contributed by atoms with Crippen LogP contribution in [0.25, 0.3) is 0 Å². The number of carbonyl (C=O) groups excluding carboxylic acids is 8. The van der Waals surface area contributed by atoms with Gasteiger partial charge in [0.25, 0.3) is 0 Å². The number of anilines is 1. The number of aliphatic hydroxyl groups excluding tert-OH is 1. The van der Waals surface area contributed by atoms with Crippen LogP contribution in [0.4, 0.5) is 24.1 Å². The van der Waals surface area contributed by atoms with Crippen molar-refractivity contribution >= 4 is 59.0 Å². The van der Waals surface area contributed by atoms with Crippen molar-refractivity contribution in [3.8, 4) is 0 Å². The van der Waals surface area contributed by atoms with Crippen LogP contribution in [0.15, 0.2) is 48.1 Å². The predicted molar refractivity (Wildman–Crippen MR) is 276 cm³/mol. The maximum Gasteiger partial charge on any atom is 0.407 e. The summed E-state index contributed by atoms with van der Waals surface area (Å²) in [6.45, 7) is 7.06. The molecule has 1 aromatic rings. The van der Waals surface area contributed by atoms with Crippen molar-refractivity contribution in [2.75, 3.05) is 31.7 Å². The quantitative estimate of drug-likeness (QED) is 0.0328. The number of Topliss-reactive ketones (excluding diaryl/α,β-unsaturated/α-hetero) is 1. The number of primary amides is 1. The third-order valence-electron chi connectivity index (χ3n) is 15.1. The highest BCUT2D eigenvalue weighted by atomic mass is 19.1. The molecule has 432 valence electrons. The number of nitrogens with two attached hydrogens (primary N) is 2. The van der Waals surface area contributed by atoms with E-state index in [9.17, 15) is 48.3 Å². The van der Waals surface area contributed by atoms with Crippen molar-refractivity contribution in [1.82, 2.24) is 26.6 Å². The van der Waals surface area contributed by atoms with Gasteiger partial charge >= 0.3 is 18.1 Å². The van der Waals surface area contributed by atoms with Gasteiger partial charge in [-0.25, -0.2) is 18.4 Å². The van der Waals surface area contributed by atoms with Crippen LogP contribution >= 0.6 is 0 Å². The number of fused-ring (bicyclic) bond motifs is 5. The Balaban J connectivity index is 1.10. The van der Waals surface area contributed by atoms with Crippen LogP contribution in [0.3, 0.4) is 0 Å². The van der Waals surface area contributed by atoms with E-state index in [1.165, 1.54) is 18.2 Å². The molecule has 0 radical (unpaired) electrons. The molecule has 3 saturated carbocycles. The molecule has 4 fully saturated rings. The molecule has 1 aliphatic heterocycles. The predicted octanol–water partition coefficient (Wildman–Crippen LogP) is 2.77. The minimum Gasteiger partial charge on any atom is -0.481 e. The third-order valence-corrected chi connectivity index (χ3v) is 15.1. The second-order valence-corrected chi connectivity index (χ2v) is 20.9. The van der Waals surface area contributed by atoms with E-state index in [1.54, 1.807) is 39.0 Å². The molecule has 0 aromatic heterocycles. The second kappa shape index (κ2) is 28.0. The highest BCUT2D eigenvalue weighted by molar-refractivity contribution is 6.00. The minimum atomic E-state index is -2.27. The summed E-state index contributed by atoms with van der Waals surface area (Å²) in [6, 6.07) is 1.82. The van der Waals surface area contributed by atoms with Crippen molar-refractivity contribution in [2.45, 2.75) is 166 Å². The van der Waals surface area contributed by atoms with E-state index in [1.807, 2.05) is 13.8 Å². The average molecular weight is 1100 g/mol. The topological polar surface area (TPSA) is 355 Å². The number of carbonyl (C=O) groups is 9. The Bertz CT molecular complexity index is 2410. The number of hydrogen-bond donors (Lipinski definition) is 10. The number of halogens is 2. The molecule has 78 heavy (non-hydrogen) atoms. The number of ketones is 2. The van der Waals surface area contributed by atoms with Crippen LogP contribution in [0.5, 0.6) is 0 Å². The molecule has 1 aromatic carbocycles. The lowest BCUT2D eigenvalue weighted by molar-refractivity contribution is -0.217. The van der Waals surface area contributed by atoms with E-state index in [0.29, 0.717) is 30.5 Å². The maximum absolute atomic E-state index is 17.1. The summed E-state index contributed by atoms with van der Waals surface area (Å²) in [5, 5.41) is 35.5. The molecule has 0 bridgehead atoms. The molecular weight excluding hydrogens is 1030 g/mol. The summed E-state index contributed by atoms with van der Waals surface area (Å²) >= 11 is 0. The second-order valence-electron chi connectivity index (χ2n) is 20.9. The molecule has 1 unspecified atom stereocenters. The van der Waals surface area contributed by atoms with E-state index < -0.39 is 157 Å². The lowest BCUT2D eigenvalue weighted by atomic mass is 9.50. The first-order valence-corrected chi connectivity index (χ1v) is 26.4. The Morgan fingerprint density at radius 3 is 2.32 bits per heavy atom. The number of alkyl carbamates (subject to hydrolysis) is 1. The molecule has 4 aliphatic rings. The SMILES string of the molecule is CC/C=C\C(=O)/C=C1\C[C@@]2(F)[C@@H](O)C[C@@]3(C)[C@@H](C[C@H]4OC(CCC)O[C@]43C(=O)COCNC(=O)CNC(=O)OCc3ccc(NC(=O)[C@H](CCCNC(N)=O)NC(=O)[C@@H](NC(=O)[C@H](N)CCC(=O)O)C(C)C)cc3)[C@@H]2C[C@@H]1F. The summed E-state index contributed by atoms with van der Waals surface area (Å²) in [7, 11) is 0. The van der Waals surface area contributed by atoms with Crippen LogP contribution in [-0.2, 0) is 59.1 Å². The van der Waals surface area contributed by atoms with Gasteiger partial charge < -0.3 is 72.5 Å². The monoisotopic (exact) mass is 1100 g/mol. The Kier molecular flexibility index (Phi) is 22.4. The molecule has 7 amide bonds. The fourth-order valence-electron chi connectivity index (χ4n) is 11.0. The van der Waals surface area contributed by atoms with Gasteiger partial charge in [-0.2, -0.15) is 0 Å². The molecule has 5 rings (SSSR count). The highest BCUT2D eigenvalue weighted by Crippen LogP contribution is 2.69. The fourth-order valence-corrected chi connectivity index (χ4v) is 11.0. The number of benzene rings is 1. The molecule has 23 nitrogen and oxygen atoms in total. The van der Waals surface area contributed by atoms with Crippen LogP contribution < -0.4 is 43.4 Å². The van der Waals surface area contributed by atoms with Gasteiger partial charge in [-0.05, 0) is 98.6 Å². The molecule has 12 N–H and O–H groups in total. The molecule has 3 aliphatic carbocycles. The number of aliphatic carboxylic acids is 1. The van der Waals surface area contributed by atoms with Gasteiger partial charge in [-0.3, -0.25) is 33.6 Å². The van der Waals surface area contributed by atoms with Gasteiger partial charge in [0.15, 0.2) is 23.5 Å². The first-order valence-electron chi connectivity index (χ1n) is 26.4. The number of carboxylic acids is 1. The first kappa shape index (κ1) is 62.4. The lowest BCUT2D eigenvalue weighted by Gasteiger charge is -2.57. The number of nitrogens with one attached hydrogen (secondary N) is 6. The Labute approximate surface area is 451 Å². The Hall–Kier alpha value is -6.41. The van der Waals surface area contributed by atoms with E-state index in [-0.39, 0.29) is 63.7 Å². The van der Waals surface area contributed by atoms with E-state index in [0.717, 1.165) is 6.08 Å². The summed E-state index contributed by atoms with van der Waals surface area (Å²) in [5.41, 5.74) is 6.57. The summed E-state index contributed by atoms with van der Waals surface area (Å²) in [5.74, 6) is -7.10. The number of rotatable bonds is 28. The zero-order valence-corrected chi connectivity index (χ0v) is 44.7. The van der Waals surface area contributed by atoms with E-state index in [4.69, 9.17) is 35.5 Å². The molecule has 1 saturated heterocycles. The number of alkyl halides is 2. The molecule has 12 atom stereocenters. The summed E-state index contributed by atoms with van der Waals surface area (Å²) in [6.07, 6.45) is -1.24. The van der Waals surface area contributed by atoms with Crippen LogP contribution in [-0.4, -0.2) is 144 Å². The van der Waals surface area contributed by atoms with Gasteiger partial charge in [0, 0.05) is 36.4 Å². The maximum atomic E-state index is 17.1. The number of hydrogen-bond acceptors (Lipinski definition) is 15. The van der Waals surface area contributed by atoms with Crippen LogP contribution in [0, 0.1) is 23.2 Å². The average Bonchev–Trinajstić information content (AvgIpc) is 3.90. The van der Waals surface area contributed by atoms with E-state index >= 15 is 8.78 Å². The zero-order chi connectivity index (χ0) is 57.5. The van der Waals surface area contributed by atoms with Crippen molar-refractivity contribution < 1.29 is 81.1 Å². The first-order chi connectivity index (χ1) is 36.9. The van der Waals surface area contributed by atoms with E-state index in [2.05, 4.69) is 31.9 Å². The van der Waals surface area contributed by atoms with Crippen molar-refractivity contribution in [2.24, 2.45) is 34.6 Å². The summed E-state index contributed by atoms with van der Waals surface area (Å²) in [4.78, 5) is 114. The number of amides is 7. The van der Waals surface area contributed by atoms with Crippen molar-refractivity contribution in [3.63, 3.8) is 0 Å². The van der Waals surface area contributed by atoms with Crippen molar-refractivity contribution in [1.29, 1.82) is 0 Å². The smallest absolute Gasteiger partial charge is 0.407 e. The zero-order valence-electron chi connectivity index (χ0n) is 44.7. The van der Waals surface area contributed by atoms with Gasteiger partial charge in [0.05, 0.1) is 18.2 Å². The molecule has 25 heteroatoms. The fraction of sp³-hybridized carbons (Fsp3) is 0.642. The minimum absolute atomic E-state index is 0.0214. The molecule has 0 spiro atoms. The molecule has 1 heterocycles. The number of ether oxygens (including phenoxy) is 4. The largest absolute Gasteiger partial charge is 0.481 e. The highest BCUT2D eigenvalue weighted by Gasteiger charge is 2.77. The van der Waals surface area contributed by atoms with Gasteiger partial charge in [0.1, 0.15) is 50.4 Å². The number of aliphatic hydroxyl groups is 1. The third kappa shape index (κ3) is 15.4. The number of carboxylic acid groups (broad SMARTS) is 1. The standard InChI is InChI=1S/C53H76F2N8O15/c1-6-8-11-33(64)20-31-23-52(55)35(21-36(31)54)34-22-41-53(51(34,5)24-39(52)65,78-44(77-41)10-7-2)40(66)27-75-28-60-42(67)25-59-50(74)76-26-30-13-15-32(16-14-30)61-47(71)38(12-9-19-58-49(57)73)62-48(72)45(29(3)4)63-46(70)37(56)17-18-43(68)69/h8,11,13-16,20,29,34-39,41,44-45,65H,6-7,9-10,12,17-19,21-28,56H2,1-5H3,(H,59,74)(H,60,67)(H,61,71)(H,62,72)(H,63,70)(H,68,69)(H3,57,58,73)/b11-8-,31-20+/t34-,35-,36-,37+,38-,39-,41+,44?,45-,51-,52-,53+/m0/s1. The Morgan fingerprint density at radius 1 is 0.949 bits per heavy atom. The van der Waals surface area contributed by atoms with Crippen LogP contribution in [0.2, 0.25) is 0 Å². The van der Waals surface area contributed by atoms with Gasteiger partial charge in [-0.15, -0.1) is 0 Å². The van der Waals surface area contributed by atoms with Crippen LogP contribution in [0.1, 0.15) is 111 Å². The summed E-state index contributed by atoms with van der Waals surface area (Å²) < 4.78 is 56.6. The van der Waals surface area contributed by atoms with Crippen molar-refractivity contribution in [3.05, 3.63) is 53.6 Å². The Morgan fingerprint density at radius 2 is 1.67 bits per heavy atom. The normalized spacial score (nSPS) is 27.8. The molecular formula is C53H76F2N8O15. The number of allylic oxidation sites excluding steroid dienone is 4. The van der Waals surface area contributed by atoms with Gasteiger partial charge in [0.2, 0.25) is 23.6 Å². The number of urea groups is 1. The lowest BCUT2D eigenvalue weighted by Crippen LogP contribution is -2.66. The van der Waals surface area contributed by atoms with Gasteiger partial charge in [-0.1, -0.05) is 59.2 Å².